The monoisotopic (exact) mass is 241 g/mol. The number of likely N-dealkylation sites (N-methyl/N-ethyl adjacent to an activating group) is 1. The quantitative estimate of drug-likeness (QED) is 0.739. The van der Waals surface area contributed by atoms with Crippen LogP contribution in [0.3, 0.4) is 0 Å². The van der Waals surface area contributed by atoms with E-state index in [0.29, 0.717) is 6.04 Å². The smallest absolute Gasteiger partial charge is 0.0470 e. The van der Waals surface area contributed by atoms with Gasteiger partial charge in [-0.3, -0.25) is 9.80 Å². The number of hydrogen-bond acceptors (Lipinski definition) is 3. The van der Waals surface area contributed by atoms with Crippen molar-refractivity contribution in [2.45, 2.75) is 58.5 Å². The van der Waals surface area contributed by atoms with Crippen molar-refractivity contribution in [2.75, 3.05) is 32.7 Å². The van der Waals surface area contributed by atoms with Crippen LogP contribution in [0, 0.1) is 0 Å². The highest BCUT2D eigenvalue weighted by atomic mass is 15.3. The Morgan fingerprint density at radius 2 is 2.06 bits per heavy atom. The Kier molecular flexibility index (Phi) is 5.90. The van der Waals surface area contributed by atoms with Crippen LogP contribution in [0.25, 0.3) is 0 Å². The summed E-state index contributed by atoms with van der Waals surface area (Å²) in [5.74, 6) is 0. The van der Waals surface area contributed by atoms with Crippen LogP contribution in [0.2, 0.25) is 0 Å². The molecule has 17 heavy (non-hydrogen) atoms. The maximum atomic E-state index is 6.11. The van der Waals surface area contributed by atoms with E-state index in [1.807, 2.05) is 0 Å². The first-order valence-corrected chi connectivity index (χ1v) is 7.28. The fourth-order valence-corrected chi connectivity index (χ4v) is 2.96. The Bertz CT molecular complexity index is 218. The van der Waals surface area contributed by atoms with Crippen molar-refractivity contribution < 1.29 is 0 Å². The summed E-state index contributed by atoms with van der Waals surface area (Å²) in [7, 11) is 0. The average Bonchev–Trinajstić information content (AvgIpc) is 2.76. The second kappa shape index (κ2) is 6.72. The fraction of sp³-hybridized carbons (Fsp3) is 1.00. The Labute approximate surface area is 107 Å². The number of rotatable bonds is 7. The third-order valence-corrected chi connectivity index (χ3v) is 4.31. The zero-order chi connectivity index (χ0) is 12.9. The molecule has 1 atom stereocenters. The predicted octanol–water partition coefficient (Wildman–Crippen LogP) is 1.92. The maximum absolute atomic E-state index is 6.11. The molecular formula is C14H31N3. The summed E-state index contributed by atoms with van der Waals surface area (Å²) in [5, 5.41) is 0. The number of unbranched alkanes of at least 4 members (excludes halogenated alkanes) is 1. The highest BCUT2D eigenvalue weighted by Crippen LogP contribution is 2.28. The molecule has 2 N–H and O–H groups in total. The molecule has 1 rings (SSSR count). The number of nitrogens with zero attached hydrogens (tertiary/aromatic N) is 2. The minimum Gasteiger partial charge on any atom is -0.329 e. The molecule has 0 bridgehead atoms. The molecule has 0 radical (unpaired) electrons. The zero-order valence-electron chi connectivity index (χ0n) is 12.2. The standard InChI is InChI=1S/C14H31N3/c1-5-7-9-17(6-2)14(11-15)8-10-16(12-14)13(3)4/h13H,5-12,15H2,1-4H3. The first-order valence-electron chi connectivity index (χ1n) is 7.28. The highest BCUT2D eigenvalue weighted by molar-refractivity contribution is 5.00. The Morgan fingerprint density at radius 3 is 2.47 bits per heavy atom. The van der Waals surface area contributed by atoms with E-state index in [1.165, 1.54) is 32.4 Å². The topological polar surface area (TPSA) is 32.5 Å². The predicted molar refractivity (Wildman–Crippen MR) is 75.3 cm³/mol. The Morgan fingerprint density at radius 1 is 1.35 bits per heavy atom. The largest absolute Gasteiger partial charge is 0.329 e. The average molecular weight is 241 g/mol. The molecular weight excluding hydrogens is 210 g/mol. The SMILES string of the molecule is CCCCN(CC)C1(CN)CCN(C(C)C)C1. The van der Waals surface area contributed by atoms with E-state index >= 15 is 0 Å². The lowest BCUT2D eigenvalue weighted by Gasteiger charge is -2.40. The van der Waals surface area contributed by atoms with Crippen molar-refractivity contribution in [3.8, 4) is 0 Å². The zero-order valence-corrected chi connectivity index (χ0v) is 12.2. The van der Waals surface area contributed by atoms with E-state index < -0.39 is 0 Å². The number of nitrogens with two attached hydrogens (primary N) is 1. The summed E-state index contributed by atoms with van der Waals surface area (Å²) < 4.78 is 0. The molecule has 0 amide bonds. The van der Waals surface area contributed by atoms with Gasteiger partial charge in [-0.05, 0) is 39.8 Å². The van der Waals surface area contributed by atoms with Gasteiger partial charge < -0.3 is 5.73 Å². The van der Waals surface area contributed by atoms with Gasteiger partial charge in [0.15, 0.2) is 0 Å². The number of hydrogen-bond donors (Lipinski definition) is 1. The van der Waals surface area contributed by atoms with Gasteiger partial charge in [0.2, 0.25) is 0 Å². The van der Waals surface area contributed by atoms with Crippen LogP contribution in [-0.4, -0.2) is 54.1 Å². The normalized spacial score (nSPS) is 26.3. The van der Waals surface area contributed by atoms with Crippen LogP contribution in [0.15, 0.2) is 0 Å². The lowest BCUT2D eigenvalue weighted by Crippen LogP contribution is -2.56. The van der Waals surface area contributed by atoms with Gasteiger partial charge in [0, 0.05) is 31.2 Å². The third-order valence-electron chi connectivity index (χ3n) is 4.31. The van der Waals surface area contributed by atoms with Crippen molar-refractivity contribution in [1.82, 2.24) is 9.80 Å². The van der Waals surface area contributed by atoms with Crippen molar-refractivity contribution >= 4 is 0 Å². The molecule has 1 unspecified atom stereocenters. The van der Waals surface area contributed by atoms with Gasteiger partial charge in [0.05, 0.1) is 0 Å². The first-order chi connectivity index (χ1) is 8.09. The molecule has 0 spiro atoms. The van der Waals surface area contributed by atoms with Crippen molar-refractivity contribution in [1.29, 1.82) is 0 Å². The van der Waals surface area contributed by atoms with Crippen LogP contribution in [0.4, 0.5) is 0 Å². The molecule has 0 aromatic carbocycles. The van der Waals surface area contributed by atoms with E-state index in [1.54, 1.807) is 0 Å². The summed E-state index contributed by atoms with van der Waals surface area (Å²) in [6.07, 6.45) is 3.79. The third kappa shape index (κ3) is 3.43. The molecule has 0 saturated carbocycles. The molecule has 0 aliphatic carbocycles. The number of likely N-dealkylation sites (tertiary alicyclic amines) is 1. The lowest BCUT2D eigenvalue weighted by molar-refractivity contribution is 0.0980. The molecule has 3 nitrogen and oxygen atoms in total. The van der Waals surface area contributed by atoms with Crippen LogP contribution in [0.1, 0.15) is 47.0 Å². The second-order valence-corrected chi connectivity index (χ2v) is 5.68. The fourth-order valence-electron chi connectivity index (χ4n) is 2.96. The van der Waals surface area contributed by atoms with E-state index in [9.17, 15) is 0 Å². The van der Waals surface area contributed by atoms with Crippen molar-refractivity contribution in [3.63, 3.8) is 0 Å². The maximum Gasteiger partial charge on any atom is 0.0470 e. The Balaban J connectivity index is 2.67. The van der Waals surface area contributed by atoms with Crippen molar-refractivity contribution in [3.05, 3.63) is 0 Å². The van der Waals surface area contributed by atoms with Gasteiger partial charge in [0.1, 0.15) is 0 Å². The highest BCUT2D eigenvalue weighted by Gasteiger charge is 2.41. The van der Waals surface area contributed by atoms with Gasteiger partial charge in [-0.15, -0.1) is 0 Å². The van der Waals surface area contributed by atoms with Gasteiger partial charge in [-0.25, -0.2) is 0 Å². The second-order valence-electron chi connectivity index (χ2n) is 5.68. The first kappa shape index (κ1) is 14.9. The summed E-state index contributed by atoms with van der Waals surface area (Å²) in [6, 6.07) is 0.647. The molecule has 1 aliphatic rings. The molecule has 0 aromatic rings. The molecule has 3 heteroatoms. The summed E-state index contributed by atoms with van der Waals surface area (Å²) in [4.78, 5) is 5.19. The van der Waals surface area contributed by atoms with E-state index in [-0.39, 0.29) is 5.54 Å². The van der Waals surface area contributed by atoms with Gasteiger partial charge in [0.25, 0.3) is 0 Å². The Hall–Kier alpha value is -0.120. The van der Waals surface area contributed by atoms with Crippen LogP contribution >= 0.6 is 0 Å². The van der Waals surface area contributed by atoms with Gasteiger partial charge >= 0.3 is 0 Å². The molecule has 1 fully saturated rings. The van der Waals surface area contributed by atoms with E-state index in [4.69, 9.17) is 5.73 Å². The molecule has 1 aliphatic heterocycles. The minimum absolute atomic E-state index is 0.244. The minimum atomic E-state index is 0.244. The van der Waals surface area contributed by atoms with Gasteiger partial charge in [-0.1, -0.05) is 20.3 Å². The molecule has 1 saturated heterocycles. The summed E-state index contributed by atoms with van der Waals surface area (Å²) in [6.45, 7) is 14.6. The van der Waals surface area contributed by atoms with Gasteiger partial charge in [-0.2, -0.15) is 0 Å². The van der Waals surface area contributed by atoms with Crippen molar-refractivity contribution in [2.24, 2.45) is 5.73 Å². The summed E-state index contributed by atoms with van der Waals surface area (Å²) >= 11 is 0. The molecule has 1 heterocycles. The van der Waals surface area contributed by atoms with Crippen LogP contribution in [-0.2, 0) is 0 Å². The van der Waals surface area contributed by atoms with E-state index in [2.05, 4.69) is 37.5 Å². The molecule has 102 valence electrons. The van der Waals surface area contributed by atoms with Crippen LogP contribution in [0.5, 0.6) is 0 Å². The molecule has 0 aromatic heterocycles. The van der Waals surface area contributed by atoms with Crippen LogP contribution < -0.4 is 5.73 Å². The van der Waals surface area contributed by atoms with E-state index in [0.717, 1.165) is 19.6 Å². The lowest BCUT2D eigenvalue weighted by atomic mass is 9.95. The summed E-state index contributed by atoms with van der Waals surface area (Å²) in [5.41, 5.74) is 6.36.